The van der Waals surface area contributed by atoms with Gasteiger partial charge in [-0.2, -0.15) is 0 Å². The Hall–Kier alpha value is -1.74. The van der Waals surface area contributed by atoms with Crippen LogP contribution in [0.5, 0.6) is 0 Å². The maximum atomic E-state index is 9.57. The molecule has 1 heterocycles. The van der Waals surface area contributed by atoms with Crippen molar-refractivity contribution in [3.05, 3.63) is 59.2 Å². The lowest BCUT2D eigenvalue weighted by molar-refractivity contribution is 0.261. The van der Waals surface area contributed by atoms with Gasteiger partial charge in [0.2, 0.25) is 0 Å². The quantitative estimate of drug-likeness (QED) is 0.917. The zero-order valence-electron chi connectivity index (χ0n) is 12.7. The molecule has 2 aromatic rings. The number of aryl methyl sites for hydroxylation is 3. The summed E-state index contributed by atoms with van der Waals surface area (Å²) in [6.45, 7) is 4.25. The Labute approximate surface area is 126 Å². The van der Waals surface area contributed by atoms with Crippen LogP contribution in [0, 0.1) is 19.8 Å². The fraction of sp³-hybridized carbons (Fsp3) is 0.444. The van der Waals surface area contributed by atoms with E-state index in [-0.39, 0.29) is 12.0 Å². The second kappa shape index (κ2) is 5.57. The minimum atomic E-state index is 0.146. The van der Waals surface area contributed by atoms with Crippen molar-refractivity contribution >= 4 is 0 Å². The zero-order chi connectivity index (χ0) is 14.9. The van der Waals surface area contributed by atoms with Gasteiger partial charge in [-0.25, -0.2) is 9.97 Å². The molecule has 3 heteroatoms. The summed E-state index contributed by atoms with van der Waals surface area (Å²) in [5.41, 5.74) is 3.80. The molecule has 0 aliphatic heterocycles. The second-order valence-electron chi connectivity index (χ2n) is 6.13. The van der Waals surface area contributed by atoms with Gasteiger partial charge in [0.05, 0.1) is 0 Å². The van der Waals surface area contributed by atoms with Crippen LogP contribution >= 0.6 is 0 Å². The molecule has 0 spiro atoms. The minimum absolute atomic E-state index is 0.146. The second-order valence-corrected chi connectivity index (χ2v) is 6.13. The minimum Gasteiger partial charge on any atom is -0.396 e. The molecular formula is C18H22N2O. The van der Waals surface area contributed by atoms with Crippen LogP contribution in [-0.4, -0.2) is 21.7 Å². The molecule has 1 fully saturated rings. The summed E-state index contributed by atoms with van der Waals surface area (Å²) >= 11 is 0. The maximum absolute atomic E-state index is 9.57. The molecule has 0 radical (unpaired) electrons. The summed E-state index contributed by atoms with van der Waals surface area (Å²) in [7, 11) is 0. The largest absolute Gasteiger partial charge is 0.396 e. The first-order chi connectivity index (χ1) is 10.2. The highest BCUT2D eigenvalue weighted by Crippen LogP contribution is 2.56. The number of aliphatic hydroxyl groups is 1. The fourth-order valence-corrected chi connectivity index (χ4v) is 3.41. The Morgan fingerprint density at radius 1 is 1.24 bits per heavy atom. The van der Waals surface area contributed by atoms with Gasteiger partial charge < -0.3 is 5.11 Å². The van der Waals surface area contributed by atoms with Gasteiger partial charge in [-0.1, -0.05) is 30.3 Å². The molecule has 0 saturated heterocycles. The van der Waals surface area contributed by atoms with Crippen molar-refractivity contribution in [1.29, 1.82) is 0 Å². The van der Waals surface area contributed by atoms with E-state index in [1.165, 1.54) is 11.1 Å². The summed E-state index contributed by atoms with van der Waals surface area (Å²) in [4.78, 5) is 8.76. The monoisotopic (exact) mass is 282 g/mol. The van der Waals surface area contributed by atoms with Gasteiger partial charge in [-0.05, 0) is 50.2 Å². The van der Waals surface area contributed by atoms with Gasteiger partial charge >= 0.3 is 0 Å². The molecule has 1 aliphatic carbocycles. The number of aromatic nitrogens is 2. The molecule has 3 nitrogen and oxygen atoms in total. The number of hydrogen-bond acceptors (Lipinski definition) is 3. The molecule has 110 valence electrons. The molecule has 0 bridgehead atoms. The topological polar surface area (TPSA) is 46.0 Å². The van der Waals surface area contributed by atoms with E-state index in [1.807, 2.05) is 19.2 Å². The first-order valence-corrected chi connectivity index (χ1v) is 7.61. The third-order valence-electron chi connectivity index (χ3n) is 4.84. The van der Waals surface area contributed by atoms with E-state index in [2.05, 4.69) is 41.2 Å². The van der Waals surface area contributed by atoms with E-state index in [9.17, 15) is 5.11 Å². The van der Waals surface area contributed by atoms with Crippen LogP contribution in [0.15, 0.2) is 36.5 Å². The van der Waals surface area contributed by atoms with Crippen LogP contribution in [0.25, 0.3) is 0 Å². The molecule has 21 heavy (non-hydrogen) atoms. The van der Waals surface area contributed by atoms with Crippen LogP contribution in [-0.2, 0) is 11.8 Å². The molecule has 1 aliphatic rings. The highest BCUT2D eigenvalue weighted by Gasteiger charge is 2.53. The number of rotatable bonds is 5. The standard InChI is InChI=1S/C18H22N2O/c1-13-15(11-19-14(2)20-13)8-9-18(10-17(18)12-21)16-6-4-3-5-7-16/h3-7,11,17,21H,8-10,12H2,1-2H3/t17-,18-/m0/s1. The lowest BCUT2D eigenvalue weighted by atomic mass is 9.87. The van der Waals surface area contributed by atoms with Crippen LogP contribution in [0.3, 0.4) is 0 Å². The molecule has 1 aromatic carbocycles. The summed E-state index contributed by atoms with van der Waals surface area (Å²) < 4.78 is 0. The third kappa shape index (κ3) is 2.70. The van der Waals surface area contributed by atoms with Crippen molar-refractivity contribution < 1.29 is 5.11 Å². The Balaban J connectivity index is 1.78. The highest BCUT2D eigenvalue weighted by molar-refractivity contribution is 5.34. The van der Waals surface area contributed by atoms with Gasteiger partial charge in [-0.15, -0.1) is 0 Å². The van der Waals surface area contributed by atoms with E-state index >= 15 is 0 Å². The lowest BCUT2D eigenvalue weighted by Crippen LogP contribution is -2.14. The first kappa shape index (κ1) is 14.2. The van der Waals surface area contributed by atoms with Crippen LogP contribution < -0.4 is 0 Å². The van der Waals surface area contributed by atoms with Crippen molar-refractivity contribution in [2.24, 2.45) is 5.92 Å². The number of benzene rings is 1. The van der Waals surface area contributed by atoms with Gasteiger partial charge in [0, 0.05) is 23.9 Å². The van der Waals surface area contributed by atoms with E-state index in [1.54, 1.807) is 0 Å². The van der Waals surface area contributed by atoms with E-state index in [4.69, 9.17) is 0 Å². The Morgan fingerprint density at radius 2 is 2.00 bits per heavy atom. The predicted octanol–water partition coefficient (Wildman–Crippen LogP) is 2.98. The van der Waals surface area contributed by atoms with E-state index in [0.717, 1.165) is 30.8 Å². The van der Waals surface area contributed by atoms with Gasteiger partial charge in [0.1, 0.15) is 5.82 Å². The summed E-state index contributed by atoms with van der Waals surface area (Å²) in [5, 5.41) is 9.57. The van der Waals surface area contributed by atoms with Gasteiger partial charge in [0.25, 0.3) is 0 Å². The third-order valence-corrected chi connectivity index (χ3v) is 4.84. The first-order valence-electron chi connectivity index (χ1n) is 7.61. The van der Waals surface area contributed by atoms with Crippen LogP contribution in [0.1, 0.15) is 35.5 Å². The van der Waals surface area contributed by atoms with Crippen molar-refractivity contribution in [3.63, 3.8) is 0 Å². The Bertz CT molecular complexity index is 626. The molecule has 1 aromatic heterocycles. The molecule has 1 saturated carbocycles. The molecule has 0 unspecified atom stereocenters. The summed E-state index contributed by atoms with van der Waals surface area (Å²) in [6.07, 6.45) is 5.05. The lowest BCUT2D eigenvalue weighted by Gasteiger charge is -2.18. The van der Waals surface area contributed by atoms with E-state index < -0.39 is 0 Å². The summed E-state index contributed by atoms with van der Waals surface area (Å²) in [6, 6.07) is 10.6. The smallest absolute Gasteiger partial charge is 0.125 e. The van der Waals surface area contributed by atoms with Crippen molar-refractivity contribution in [2.75, 3.05) is 6.61 Å². The predicted molar refractivity (Wildman–Crippen MR) is 83.1 cm³/mol. The SMILES string of the molecule is Cc1ncc(CC[C@@]2(c3ccccc3)C[C@H]2CO)c(C)n1. The zero-order valence-corrected chi connectivity index (χ0v) is 12.7. The number of nitrogens with zero attached hydrogens (tertiary/aromatic N) is 2. The highest BCUT2D eigenvalue weighted by atomic mass is 16.3. The molecule has 2 atom stereocenters. The van der Waals surface area contributed by atoms with Crippen molar-refractivity contribution in [1.82, 2.24) is 9.97 Å². The Kier molecular flexibility index (Phi) is 3.77. The number of hydrogen-bond donors (Lipinski definition) is 1. The molecular weight excluding hydrogens is 260 g/mol. The normalized spacial score (nSPS) is 24.0. The van der Waals surface area contributed by atoms with E-state index in [0.29, 0.717) is 5.92 Å². The van der Waals surface area contributed by atoms with Crippen molar-refractivity contribution in [3.8, 4) is 0 Å². The molecule has 1 N–H and O–H groups in total. The average Bonchev–Trinajstić information content (AvgIpc) is 3.22. The van der Waals surface area contributed by atoms with Gasteiger partial charge in [-0.3, -0.25) is 0 Å². The Morgan fingerprint density at radius 3 is 2.62 bits per heavy atom. The molecule has 0 amide bonds. The van der Waals surface area contributed by atoms with Crippen LogP contribution in [0.2, 0.25) is 0 Å². The van der Waals surface area contributed by atoms with Crippen molar-refractivity contribution in [2.45, 2.75) is 38.5 Å². The maximum Gasteiger partial charge on any atom is 0.125 e. The average molecular weight is 282 g/mol. The fourth-order valence-electron chi connectivity index (χ4n) is 3.41. The van der Waals surface area contributed by atoms with Crippen LogP contribution in [0.4, 0.5) is 0 Å². The summed E-state index contributed by atoms with van der Waals surface area (Å²) in [5.74, 6) is 1.22. The van der Waals surface area contributed by atoms with Gasteiger partial charge in [0.15, 0.2) is 0 Å². The molecule has 3 rings (SSSR count). The number of aliphatic hydroxyl groups excluding tert-OH is 1.